The van der Waals surface area contributed by atoms with Crippen molar-refractivity contribution in [1.82, 2.24) is 0 Å². The lowest BCUT2D eigenvalue weighted by atomic mass is 9.90. The highest BCUT2D eigenvalue weighted by Gasteiger charge is 2.23. The Morgan fingerprint density at radius 3 is 2.28 bits per heavy atom. The van der Waals surface area contributed by atoms with Gasteiger partial charge >= 0.3 is 0 Å². The number of Topliss-reactive ketones (excluding diaryl/α,β-unsaturated/α-hetero) is 1. The number of benzene rings is 1. The van der Waals surface area contributed by atoms with Crippen LogP contribution in [-0.4, -0.2) is 19.0 Å². The summed E-state index contributed by atoms with van der Waals surface area (Å²) in [5.41, 5.74) is 0.673. The van der Waals surface area contributed by atoms with E-state index in [2.05, 4.69) is 20.8 Å². The molecule has 0 spiro atoms. The zero-order chi connectivity index (χ0) is 13.9. The van der Waals surface area contributed by atoms with Crippen molar-refractivity contribution in [2.45, 2.75) is 40.7 Å². The summed E-state index contributed by atoms with van der Waals surface area (Å²) in [5, 5.41) is 0. The molecule has 0 fully saturated rings. The molecule has 0 aromatic heterocycles. The third-order valence-electron chi connectivity index (χ3n) is 3.09. The van der Waals surface area contributed by atoms with E-state index in [1.165, 1.54) is 6.92 Å². The van der Waals surface area contributed by atoms with Gasteiger partial charge in [0.2, 0.25) is 0 Å². The molecule has 0 aliphatic heterocycles. The Morgan fingerprint density at radius 2 is 1.83 bits per heavy atom. The number of hydrogen-bond donors (Lipinski definition) is 0. The number of ether oxygens (including phenoxy) is 2. The van der Waals surface area contributed by atoms with Crippen molar-refractivity contribution in [3.8, 4) is 11.5 Å². The molecule has 0 bridgehead atoms. The van der Waals surface area contributed by atoms with Gasteiger partial charge in [-0.2, -0.15) is 0 Å². The lowest BCUT2D eigenvalue weighted by Gasteiger charge is -2.28. The Hall–Kier alpha value is -1.51. The van der Waals surface area contributed by atoms with Crippen LogP contribution in [0.5, 0.6) is 11.5 Å². The van der Waals surface area contributed by atoms with Crippen LogP contribution in [0.3, 0.4) is 0 Å². The number of rotatable bonds is 4. The summed E-state index contributed by atoms with van der Waals surface area (Å²) in [7, 11) is 1.58. The minimum absolute atomic E-state index is 0.0173. The van der Waals surface area contributed by atoms with E-state index in [0.717, 1.165) is 0 Å². The Balaban J connectivity index is 3.00. The van der Waals surface area contributed by atoms with Crippen molar-refractivity contribution in [2.75, 3.05) is 7.11 Å². The number of hydrogen-bond acceptors (Lipinski definition) is 3. The smallest absolute Gasteiger partial charge is 0.161 e. The van der Waals surface area contributed by atoms with Crippen molar-refractivity contribution in [1.29, 1.82) is 0 Å². The SMILES string of the molecule is COc1cc(C(C)=O)ccc1OC(C)C(C)(C)C. The third-order valence-corrected chi connectivity index (χ3v) is 3.09. The fourth-order valence-electron chi connectivity index (χ4n) is 1.35. The molecule has 3 heteroatoms. The molecule has 1 atom stereocenters. The van der Waals surface area contributed by atoms with E-state index in [9.17, 15) is 4.79 Å². The first-order valence-electron chi connectivity index (χ1n) is 6.11. The van der Waals surface area contributed by atoms with Crippen LogP contribution >= 0.6 is 0 Å². The highest BCUT2D eigenvalue weighted by Crippen LogP contribution is 2.32. The number of carbonyl (C=O) groups excluding carboxylic acids is 1. The van der Waals surface area contributed by atoms with Crippen LogP contribution in [0.15, 0.2) is 18.2 Å². The molecular formula is C15H22O3. The van der Waals surface area contributed by atoms with Gasteiger partial charge in [-0.25, -0.2) is 0 Å². The lowest BCUT2D eigenvalue weighted by molar-refractivity contribution is 0.0991. The van der Waals surface area contributed by atoms with Crippen LogP contribution in [-0.2, 0) is 0 Å². The van der Waals surface area contributed by atoms with Gasteiger partial charge in [-0.1, -0.05) is 20.8 Å². The molecule has 1 rings (SSSR count). The minimum Gasteiger partial charge on any atom is -0.493 e. The van der Waals surface area contributed by atoms with E-state index in [-0.39, 0.29) is 17.3 Å². The zero-order valence-electron chi connectivity index (χ0n) is 12.0. The first-order chi connectivity index (χ1) is 8.25. The summed E-state index contributed by atoms with van der Waals surface area (Å²) in [5.74, 6) is 1.28. The van der Waals surface area contributed by atoms with E-state index in [1.54, 1.807) is 25.3 Å². The molecule has 1 aromatic carbocycles. The summed E-state index contributed by atoms with van der Waals surface area (Å²) in [6.07, 6.45) is 0.0505. The van der Waals surface area contributed by atoms with E-state index in [4.69, 9.17) is 9.47 Å². The van der Waals surface area contributed by atoms with Gasteiger partial charge < -0.3 is 9.47 Å². The topological polar surface area (TPSA) is 35.5 Å². The summed E-state index contributed by atoms with van der Waals surface area (Å²) in [6.45, 7) is 9.92. The van der Waals surface area contributed by atoms with Crippen molar-refractivity contribution >= 4 is 5.78 Å². The molecule has 0 heterocycles. The van der Waals surface area contributed by atoms with Gasteiger partial charge in [0, 0.05) is 5.56 Å². The quantitative estimate of drug-likeness (QED) is 0.764. The zero-order valence-corrected chi connectivity index (χ0v) is 12.0. The van der Waals surface area contributed by atoms with Crippen LogP contribution in [0.25, 0.3) is 0 Å². The fraction of sp³-hybridized carbons (Fsp3) is 0.533. The molecule has 0 aliphatic rings. The molecule has 100 valence electrons. The molecule has 0 amide bonds. The Labute approximate surface area is 109 Å². The van der Waals surface area contributed by atoms with Gasteiger partial charge in [0.25, 0.3) is 0 Å². The summed E-state index contributed by atoms with van der Waals surface area (Å²) >= 11 is 0. The summed E-state index contributed by atoms with van der Waals surface area (Å²) in [6, 6.07) is 5.26. The van der Waals surface area contributed by atoms with Crippen LogP contribution in [0.1, 0.15) is 45.0 Å². The van der Waals surface area contributed by atoms with E-state index in [1.807, 2.05) is 6.92 Å². The van der Waals surface area contributed by atoms with E-state index < -0.39 is 0 Å². The van der Waals surface area contributed by atoms with E-state index in [0.29, 0.717) is 17.1 Å². The standard InChI is InChI=1S/C15H22O3/c1-10(16)12-7-8-13(14(9-12)17-6)18-11(2)15(3,4)5/h7-9,11H,1-6H3. The molecule has 0 aliphatic carbocycles. The van der Waals surface area contributed by atoms with Gasteiger partial charge in [0.1, 0.15) is 6.10 Å². The molecule has 1 unspecified atom stereocenters. The number of carbonyl (C=O) groups is 1. The summed E-state index contributed by atoms with van der Waals surface area (Å²) in [4.78, 5) is 11.3. The molecule has 1 aromatic rings. The van der Waals surface area contributed by atoms with Gasteiger partial charge in [-0.3, -0.25) is 4.79 Å². The first kappa shape index (κ1) is 14.6. The Kier molecular flexibility index (Phi) is 4.38. The minimum atomic E-state index is 0.0173. The first-order valence-corrected chi connectivity index (χ1v) is 6.11. The van der Waals surface area contributed by atoms with Gasteiger partial charge in [0.15, 0.2) is 17.3 Å². The predicted molar refractivity (Wildman–Crippen MR) is 72.5 cm³/mol. The van der Waals surface area contributed by atoms with Crippen LogP contribution in [0.2, 0.25) is 0 Å². The second-order valence-electron chi connectivity index (χ2n) is 5.55. The van der Waals surface area contributed by atoms with Crippen LogP contribution in [0.4, 0.5) is 0 Å². The molecule has 0 saturated carbocycles. The lowest BCUT2D eigenvalue weighted by Crippen LogP contribution is -2.28. The highest BCUT2D eigenvalue weighted by atomic mass is 16.5. The molecular weight excluding hydrogens is 228 g/mol. The average molecular weight is 250 g/mol. The third kappa shape index (κ3) is 3.49. The second-order valence-corrected chi connectivity index (χ2v) is 5.55. The van der Waals surface area contributed by atoms with Gasteiger partial charge in [0.05, 0.1) is 7.11 Å². The van der Waals surface area contributed by atoms with Crippen molar-refractivity contribution in [2.24, 2.45) is 5.41 Å². The highest BCUT2D eigenvalue weighted by molar-refractivity contribution is 5.94. The molecule has 0 saturated heterocycles. The Morgan fingerprint density at radius 1 is 1.22 bits per heavy atom. The largest absolute Gasteiger partial charge is 0.493 e. The van der Waals surface area contributed by atoms with Crippen molar-refractivity contribution in [3.63, 3.8) is 0 Å². The van der Waals surface area contributed by atoms with E-state index >= 15 is 0 Å². The maximum atomic E-state index is 11.3. The van der Waals surface area contributed by atoms with Crippen molar-refractivity contribution in [3.05, 3.63) is 23.8 Å². The number of methoxy groups -OCH3 is 1. The molecule has 3 nitrogen and oxygen atoms in total. The Bertz CT molecular complexity index is 430. The van der Waals surface area contributed by atoms with Crippen LogP contribution in [0, 0.1) is 5.41 Å². The maximum Gasteiger partial charge on any atom is 0.161 e. The summed E-state index contributed by atoms with van der Waals surface area (Å²) < 4.78 is 11.2. The monoisotopic (exact) mass is 250 g/mol. The van der Waals surface area contributed by atoms with Gasteiger partial charge in [-0.05, 0) is 37.5 Å². The predicted octanol–water partition coefficient (Wildman–Crippen LogP) is 3.71. The molecule has 18 heavy (non-hydrogen) atoms. The van der Waals surface area contributed by atoms with Gasteiger partial charge in [-0.15, -0.1) is 0 Å². The number of ketones is 1. The van der Waals surface area contributed by atoms with Crippen LogP contribution < -0.4 is 9.47 Å². The fourth-order valence-corrected chi connectivity index (χ4v) is 1.35. The second kappa shape index (κ2) is 5.42. The molecule has 0 N–H and O–H groups in total. The average Bonchev–Trinajstić information content (AvgIpc) is 2.27. The maximum absolute atomic E-state index is 11.3. The molecule has 0 radical (unpaired) electrons. The normalized spacial score (nSPS) is 13.0. The van der Waals surface area contributed by atoms with Crippen molar-refractivity contribution < 1.29 is 14.3 Å².